The van der Waals surface area contributed by atoms with Gasteiger partial charge >= 0.3 is 5.97 Å². The van der Waals surface area contributed by atoms with Gasteiger partial charge in [0.15, 0.2) is 0 Å². The molecule has 0 saturated heterocycles. The van der Waals surface area contributed by atoms with Crippen LogP contribution in [0.4, 0.5) is 0 Å². The van der Waals surface area contributed by atoms with Crippen molar-refractivity contribution in [1.82, 2.24) is 0 Å². The molecule has 0 aromatic heterocycles. The average molecular weight is 318 g/mol. The Morgan fingerprint density at radius 3 is 2.67 bits per heavy atom. The number of aryl methyl sites for hydroxylation is 1. The largest absolute Gasteiger partial charge is 0.478 e. The van der Waals surface area contributed by atoms with Gasteiger partial charge in [0, 0.05) is 3.57 Å². The van der Waals surface area contributed by atoms with E-state index in [-0.39, 0.29) is 0 Å². The smallest absolute Gasteiger partial charge is 0.336 e. The molecule has 15 heavy (non-hydrogen) atoms. The normalized spacial score (nSPS) is 10.3. The van der Waals surface area contributed by atoms with Gasteiger partial charge in [-0.1, -0.05) is 25.8 Å². The summed E-state index contributed by atoms with van der Waals surface area (Å²) in [7, 11) is 0. The van der Waals surface area contributed by atoms with Gasteiger partial charge in [0.05, 0.1) is 5.56 Å². The maximum Gasteiger partial charge on any atom is 0.336 e. The molecular formula is C12H15IO2. The van der Waals surface area contributed by atoms with E-state index in [9.17, 15) is 4.79 Å². The van der Waals surface area contributed by atoms with Gasteiger partial charge in [-0.25, -0.2) is 4.79 Å². The number of carboxylic acids is 1. The number of carboxylic acid groups (broad SMARTS) is 1. The standard InChI is InChI=1S/C12H15IO2/c1-2-3-4-5-9-6-7-10(12(14)15)11(13)8-9/h6-8H,2-5H2,1H3,(H,14,15). The number of halogens is 1. The van der Waals surface area contributed by atoms with E-state index >= 15 is 0 Å². The van der Waals surface area contributed by atoms with E-state index in [2.05, 4.69) is 29.5 Å². The summed E-state index contributed by atoms with van der Waals surface area (Å²) in [6.45, 7) is 2.18. The lowest BCUT2D eigenvalue weighted by atomic mass is 10.1. The zero-order valence-electron chi connectivity index (χ0n) is 8.79. The minimum atomic E-state index is -0.848. The first kappa shape index (κ1) is 12.5. The van der Waals surface area contributed by atoms with Crippen molar-refractivity contribution in [3.63, 3.8) is 0 Å². The van der Waals surface area contributed by atoms with E-state index in [0.29, 0.717) is 5.56 Å². The summed E-state index contributed by atoms with van der Waals surface area (Å²) in [6.07, 6.45) is 4.67. The van der Waals surface area contributed by atoms with Gasteiger partial charge in [-0.15, -0.1) is 0 Å². The molecule has 0 aliphatic heterocycles. The molecule has 82 valence electrons. The number of aromatic carboxylic acids is 1. The Hall–Kier alpha value is -0.580. The predicted molar refractivity (Wildman–Crippen MR) is 69.3 cm³/mol. The molecule has 1 N–H and O–H groups in total. The zero-order chi connectivity index (χ0) is 11.3. The molecule has 0 fully saturated rings. The molecule has 2 nitrogen and oxygen atoms in total. The third kappa shape index (κ3) is 3.81. The van der Waals surface area contributed by atoms with Crippen LogP contribution in [0.25, 0.3) is 0 Å². The van der Waals surface area contributed by atoms with E-state index in [1.54, 1.807) is 6.07 Å². The van der Waals surface area contributed by atoms with Crippen molar-refractivity contribution in [1.29, 1.82) is 0 Å². The first-order valence-corrected chi connectivity index (χ1v) is 6.24. The second-order valence-corrected chi connectivity index (χ2v) is 4.74. The molecule has 0 aliphatic carbocycles. The fraction of sp³-hybridized carbons (Fsp3) is 0.417. The van der Waals surface area contributed by atoms with E-state index in [1.807, 2.05) is 12.1 Å². The molecule has 3 heteroatoms. The van der Waals surface area contributed by atoms with Crippen molar-refractivity contribution in [3.05, 3.63) is 32.9 Å². The van der Waals surface area contributed by atoms with Crippen molar-refractivity contribution in [3.8, 4) is 0 Å². The van der Waals surface area contributed by atoms with Crippen LogP contribution in [0.5, 0.6) is 0 Å². The van der Waals surface area contributed by atoms with Crippen molar-refractivity contribution < 1.29 is 9.90 Å². The third-order valence-corrected chi connectivity index (χ3v) is 3.23. The summed E-state index contributed by atoms with van der Waals surface area (Å²) in [4.78, 5) is 10.8. The summed E-state index contributed by atoms with van der Waals surface area (Å²) in [5.41, 5.74) is 1.63. The number of hydrogen-bond donors (Lipinski definition) is 1. The van der Waals surface area contributed by atoms with Gasteiger partial charge < -0.3 is 5.11 Å². The molecule has 1 aromatic carbocycles. The Kier molecular flexibility index (Phi) is 5.08. The summed E-state index contributed by atoms with van der Waals surface area (Å²) >= 11 is 2.08. The van der Waals surface area contributed by atoms with Gasteiger partial charge in [0.2, 0.25) is 0 Å². The highest BCUT2D eigenvalue weighted by Gasteiger charge is 2.07. The lowest BCUT2D eigenvalue weighted by Crippen LogP contribution is -2.00. The number of carbonyl (C=O) groups is 1. The summed E-state index contributed by atoms with van der Waals surface area (Å²) in [5.74, 6) is -0.848. The van der Waals surface area contributed by atoms with Gasteiger partial charge in [0.1, 0.15) is 0 Å². The molecule has 0 heterocycles. The van der Waals surface area contributed by atoms with Crippen molar-refractivity contribution in [2.45, 2.75) is 32.6 Å². The maximum absolute atomic E-state index is 10.8. The highest BCUT2D eigenvalue weighted by molar-refractivity contribution is 14.1. The van der Waals surface area contributed by atoms with Crippen LogP contribution in [0.15, 0.2) is 18.2 Å². The Balaban J connectivity index is 2.69. The van der Waals surface area contributed by atoms with Gasteiger partial charge in [0.25, 0.3) is 0 Å². The van der Waals surface area contributed by atoms with Crippen LogP contribution in [-0.2, 0) is 6.42 Å². The van der Waals surface area contributed by atoms with Crippen LogP contribution in [0.1, 0.15) is 42.1 Å². The second kappa shape index (κ2) is 6.10. The first-order valence-electron chi connectivity index (χ1n) is 5.17. The Morgan fingerprint density at radius 2 is 2.13 bits per heavy atom. The van der Waals surface area contributed by atoms with Gasteiger partial charge in [-0.2, -0.15) is 0 Å². The molecule has 0 atom stereocenters. The lowest BCUT2D eigenvalue weighted by Gasteiger charge is -2.04. The minimum Gasteiger partial charge on any atom is -0.478 e. The molecule has 0 bridgehead atoms. The summed E-state index contributed by atoms with van der Waals surface area (Å²) in [6, 6.07) is 5.59. The average Bonchev–Trinajstić information content (AvgIpc) is 2.17. The van der Waals surface area contributed by atoms with Gasteiger partial charge in [-0.05, 0) is 53.1 Å². The van der Waals surface area contributed by atoms with Crippen LogP contribution >= 0.6 is 22.6 Å². The number of benzene rings is 1. The highest BCUT2D eigenvalue weighted by Crippen LogP contribution is 2.16. The predicted octanol–water partition coefficient (Wildman–Crippen LogP) is 3.72. The van der Waals surface area contributed by atoms with Crippen LogP contribution < -0.4 is 0 Å². The molecule has 0 radical (unpaired) electrons. The van der Waals surface area contributed by atoms with E-state index in [4.69, 9.17) is 5.11 Å². The monoisotopic (exact) mass is 318 g/mol. The topological polar surface area (TPSA) is 37.3 Å². The van der Waals surface area contributed by atoms with Crippen molar-refractivity contribution in [2.75, 3.05) is 0 Å². The maximum atomic E-state index is 10.8. The third-order valence-electron chi connectivity index (χ3n) is 2.33. The van der Waals surface area contributed by atoms with E-state index in [1.165, 1.54) is 24.8 Å². The highest BCUT2D eigenvalue weighted by atomic mass is 127. The summed E-state index contributed by atoms with van der Waals surface area (Å²) < 4.78 is 0.828. The quantitative estimate of drug-likeness (QED) is 0.663. The van der Waals surface area contributed by atoms with Crippen LogP contribution in [-0.4, -0.2) is 11.1 Å². The Bertz CT molecular complexity index is 347. The number of unbranched alkanes of at least 4 members (excludes halogenated alkanes) is 2. The molecule has 0 amide bonds. The molecular weight excluding hydrogens is 303 g/mol. The van der Waals surface area contributed by atoms with Crippen LogP contribution in [0.2, 0.25) is 0 Å². The molecule has 0 aliphatic rings. The Labute approximate surface area is 104 Å². The van der Waals surface area contributed by atoms with Crippen molar-refractivity contribution in [2.24, 2.45) is 0 Å². The van der Waals surface area contributed by atoms with Crippen LogP contribution in [0.3, 0.4) is 0 Å². The Morgan fingerprint density at radius 1 is 1.40 bits per heavy atom. The van der Waals surface area contributed by atoms with E-state index < -0.39 is 5.97 Å². The fourth-order valence-electron chi connectivity index (χ4n) is 1.47. The molecule has 0 saturated carbocycles. The number of hydrogen-bond acceptors (Lipinski definition) is 1. The number of rotatable bonds is 5. The zero-order valence-corrected chi connectivity index (χ0v) is 11.0. The lowest BCUT2D eigenvalue weighted by molar-refractivity contribution is 0.0695. The fourth-order valence-corrected chi connectivity index (χ4v) is 2.28. The second-order valence-electron chi connectivity index (χ2n) is 3.58. The molecule has 1 aromatic rings. The van der Waals surface area contributed by atoms with Gasteiger partial charge in [-0.3, -0.25) is 0 Å². The summed E-state index contributed by atoms with van der Waals surface area (Å²) in [5, 5.41) is 8.87. The van der Waals surface area contributed by atoms with E-state index in [0.717, 1.165) is 9.99 Å². The SMILES string of the molecule is CCCCCc1ccc(C(=O)O)c(I)c1. The minimum absolute atomic E-state index is 0.398. The first-order chi connectivity index (χ1) is 7.15. The molecule has 1 rings (SSSR count). The van der Waals surface area contributed by atoms with Crippen molar-refractivity contribution >= 4 is 28.6 Å². The molecule has 0 unspecified atom stereocenters. The van der Waals surface area contributed by atoms with Crippen LogP contribution in [0, 0.1) is 3.57 Å². The molecule has 0 spiro atoms.